The van der Waals surface area contributed by atoms with Crippen LogP contribution in [0.5, 0.6) is 0 Å². The van der Waals surface area contributed by atoms with Gasteiger partial charge in [0, 0.05) is 20.2 Å². The molecule has 0 unspecified atom stereocenters. The summed E-state index contributed by atoms with van der Waals surface area (Å²) in [5.41, 5.74) is 4.65. The molecule has 0 aromatic heterocycles. The van der Waals surface area contributed by atoms with Crippen LogP contribution in [-0.2, 0) is 19.2 Å². The number of hydrogen-bond acceptors (Lipinski definition) is 5. The third-order valence-corrected chi connectivity index (χ3v) is 3.61. The Labute approximate surface area is 88.4 Å². The molecular weight excluding hydrogens is 224 g/mol. The molecule has 1 aliphatic heterocycles. The summed E-state index contributed by atoms with van der Waals surface area (Å²) in [7, 11) is -2.43. The van der Waals surface area contributed by atoms with Gasteiger partial charge in [0.25, 0.3) is 0 Å². The van der Waals surface area contributed by atoms with Crippen LogP contribution in [0.4, 0.5) is 4.79 Å². The number of amides is 1. The summed E-state index contributed by atoms with van der Waals surface area (Å²) in [6, 6.07) is 0. The fraction of sp³-hybridized carbons (Fsp3) is 0.857. The smallest absolute Gasteiger partial charge is 0.381 e. The molecule has 1 heterocycles. The summed E-state index contributed by atoms with van der Waals surface area (Å²) in [6.07, 6.45) is -0.0933. The van der Waals surface area contributed by atoms with E-state index in [1.54, 1.807) is 7.11 Å². The van der Waals surface area contributed by atoms with Crippen molar-refractivity contribution in [3.8, 4) is 0 Å². The highest BCUT2D eigenvalue weighted by atomic mass is 32.2. The van der Waals surface area contributed by atoms with E-state index >= 15 is 0 Å². The zero-order chi connectivity index (χ0) is 11.5. The van der Waals surface area contributed by atoms with Crippen molar-refractivity contribution in [3.05, 3.63) is 0 Å². The van der Waals surface area contributed by atoms with Gasteiger partial charge in [-0.2, -0.15) is 12.7 Å². The van der Waals surface area contributed by atoms with Gasteiger partial charge in [0.1, 0.15) is 0 Å². The van der Waals surface area contributed by atoms with Crippen LogP contribution < -0.4 is 5.73 Å². The van der Waals surface area contributed by atoms with Gasteiger partial charge < -0.3 is 14.7 Å². The molecule has 88 valence electrons. The van der Waals surface area contributed by atoms with Crippen molar-refractivity contribution in [1.82, 2.24) is 4.31 Å². The molecule has 2 N–H and O–H groups in total. The molecule has 1 rings (SSSR count). The maximum Gasteiger partial charge on any atom is 0.421 e. The van der Waals surface area contributed by atoms with Crippen LogP contribution in [0, 0.1) is 0 Å². The van der Waals surface area contributed by atoms with E-state index in [2.05, 4.69) is 9.92 Å². The van der Waals surface area contributed by atoms with E-state index in [9.17, 15) is 13.2 Å². The molecule has 1 aliphatic rings. The fourth-order valence-electron chi connectivity index (χ4n) is 1.45. The maximum absolute atomic E-state index is 11.4. The first-order valence-corrected chi connectivity index (χ1v) is 5.84. The Kier molecular flexibility index (Phi) is 3.89. The number of carbonyl (C=O) groups excluding carboxylic acids is 1. The summed E-state index contributed by atoms with van der Waals surface area (Å²) >= 11 is 0. The van der Waals surface area contributed by atoms with Crippen molar-refractivity contribution in [2.24, 2.45) is 5.73 Å². The minimum atomic E-state index is -4.01. The number of ether oxygens (including phenoxy) is 1. The molecule has 0 bridgehead atoms. The molecule has 1 fully saturated rings. The third-order valence-electron chi connectivity index (χ3n) is 2.24. The first-order valence-electron chi connectivity index (χ1n) is 4.47. The van der Waals surface area contributed by atoms with Gasteiger partial charge in [0.2, 0.25) is 0 Å². The van der Waals surface area contributed by atoms with E-state index in [4.69, 9.17) is 4.74 Å². The number of nitrogens with two attached hydrogens (primary N) is 1. The van der Waals surface area contributed by atoms with Crippen LogP contribution in [0.3, 0.4) is 0 Å². The van der Waals surface area contributed by atoms with Gasteiger partial charge in [0.15, 0.2) is 0 Å². The van der Waals surface area contributed by atoms with Crippen molar-refractivity contribution >= 4 is 16.4 Å². The number of piperidine rings is 1. The van der Waals surface area contributed by atoms with Crippen molar-refractivity contribution in [2.75, 3.05) is 20.2 Å². The van der Waals surface area contributed by atoms with Crippen LogP contribution in [-0.4, -0.2) is 45.1 Å². The van der Waals surface area contributed by atoms with Crippen LogP contribution in [0.1, 0.15) is 12.8 Å². The van der Waals surface area contributed by atoms with Gasteiger partial charge >= 0.3 is 16.4 Å². The summed E-state index contributed by atoms with van der Waals surface area (Å²) in [4.78, 5) is 10.3. The Balaban J connectivity index is 2.56. The van der Waals surface area contributed by atoms with Crippen molar-refractivity contribution in [3.63, 3.8) is 0 Å². The lowest BCUT2D eigenvalue weighted by Crippen LogP contribution is -2.42. The Morgan fingerprint density at radius 1 is 1.40 bits per heavy atom. The van der Waals surface area contributed by atoms with E-state index in [-0.39, 0.29) is 19.2 Å². The fourth-order valence-corrected chi connectivity index (χ4v) is 2.42. The SMILES string of the molecule is COC1CCN(S(=O)(=O)OC(N)=O)CC1. The lowest BCUT2D eigenvalue weighted by atomic mass is 10.1. The van der Waals surface area contributed by atoms with Crippen LogP contribution in [0.15, 0.2) is 0 Å². The second-order valence-electron chi connectivity index (χ2n) is 3.19. The normalized spacial score (nSPS) is 20.1. The second-order valence-corrected chi connectivity index (χ2v) is 4.73. The van der Waals surface area contributed by atoms with Gasteiger partial charge in [-0.05, 0) is 12.8 Å². The average Bonchev–Trinajstić information content (AvgIpc) is 2.16. The molecule has 0 aromatic carbocycles. The molecule has 15 heavy (non-hydrogen) atoms. The topological polar surface area (TPSA) is 98.9 Å². The molecule has 0 aliphatic carbocycles. The monoisotopic (exact) mass is 238 g/mol. The maximum atomic E-state index is 11.4. The third kappa shape index (κ3) is 3.33. The van der Waals surface area contributed by atoms with Gasteiger partial charge in [-0.15, -0.1) is 0 Å². The summed E-state index contributed by atoms with van der Waals surface area (Å²) in [6.45, 7) is 0.544. The minimum Gasteiger partial charge on any atom is -0.381 e. The quantitative estimate of drug-likeness (QED) is 0.710. The average molecular weight is 238 g/mol. The lowest BCUT2D eigenvalue weighted by molar-refractivity contribution is 0.0584. The molecule has 0 saturated carbocycles. The number of methoxy groups -OCH3 is 1. The molecule has 1 amide bonds. The van der Waals surface area contributed by atoms with Crippen molar-refractivity contribution in [2.45, 2.75) is 18.9 Å². The molecular formula is C7H14N2O5S. The minimum absolute atomic E-state index is 0.0602. The van der Waals surface area contributed by atoms with Gasteiger partial charge in [-0.1, -0.05) is 0 Å². The van der Waals surface area contributed by atoms with E-state index in [1.165, 1.54) is 0 Å². The van der Waals surface area contributed by atoms with Gasteiger partial charge in [0.05, 0.1) is 6.10 Å². The van der Waals surface area contributed by atoms with Crippen LogP contribution in [0.25, 0.3) is 0 Å². The summed E-state index contributed by atoms with van der Waals surface area (Å²) < 4.78 is 32.9. The molecule has 1 saturated heterocycles. The van der Waals surface area contributed by atoms with Crippen LogP contribution >= 0.6 is 0 Å². The molecule has 0 atom stereocenters. The highest BCUT2D eigenvalue weighted by molar-refractivity contribution is 7.84. The number of nitrogens with zero attached hydrogens (tertiary/aromatic N) is 1. The second kappa shape index (κ2) is 4.77. The molecule has 7 nitrogen and oxygen atoms in total. The lowest BCUT2D eigenvalue weighted by Gasteiger charge is -2.28. The Hall–Kier alpha value is -0.860. The number of primary amides is 1. The van der Waals surface area contributed by atoms with Gasteiger partial charge in [-0.3, -0.25) is 0 Å². The molecule has 0 radical (unpaired) electrons. The first kappa shape index (κ1) is 12.2. The summed E-state index contributed by atoms with van der Waals surface area (Å²) in [5, 5.41) is 0. The zero-order valence-corrected chi connectivity index (χ0v) is 9.20. The highest BCUT2D eigenvalue weighted by Crippen LogP contribution is 2.16. The molecule has 0 aromatic rings. The van der Waals surface area contributed by atoms with E-state index in [0.717, 1.165) is 4.31 Å². The van der Waals surface area contributed by atoms with E-state index < -0.39 is 16.4 Å². The Morgan fingerprint density at radius 3 is 2.33 bits per heavy atom. The summed E-state index contributed by atoms with van der Waals surface area (Å²) in [5.74, 6) is 0. The standard InChI is InChI=1S/C7H14N2O5S/c1-13-6-2-4-9(5-3-6)15(11,12)14-7(8)10/h6H,2-5H2,1H3,(H2,8,10). The Bertz CT molecular complexity index is 320. The highest BCUT2D eigenvalue weighted by Gasteiger charge is 2.30. The predicted octanol–water partition coefficient (Wildman–Crippen LogP) is -0.563. The Morgan fingerprint density at radius 2 is 1.93 bits per heavy atom. The van der Waals surface area contributed by atoms with E-state index in [0.29, 0.717) is 12.8 Å². The van der Waals surface area contributed by atoms with Crippen molar-refractivity contribution < 1.29 is 22.1 Å². The van der Waals surface area contributed by atoms with E-state index in [1.807, 2.05) is 0 Å². The van der Waals surface area contributed by atoms with Crippen LogP contribution in [0.2, 0.25) is 0 Å². The number of hydrogen-bond donors (Lipinski definition) is 1. The predicted molar refractivity (Wildman–Crippen MR) is 51.2 cm³/mol. The first-order chi connectivity index (χ1) is 6.95. The molecule has 0 spiro atoms. The largest absolute Gasteiger partial charge is 0.421 e. The molecule has 8 heteroatoms. The van der Waals surface area contributed by atoms with Crippen molar-refractivity contribution in [1.29, 1.82) is 0 Å². The zero-order valence-electron chi connectivity index (χ0n) is 8.38. The number of carbonyl (C=O) groups is 1. The van der Waals surface area contributed by atoms with Gasteiger partial charge in [-0.25, -0.2) is 4.79 Å². The number of rotatable bonds is 3.